The van der Waals surface area contributed by atoms with Crippen molar-refractivity contribution in [1.82, 2.24) is 19.9 Å². The van der Waals surface area contributed by atoms with Crippen LogP contribution in [0.1, 0.15) is 28.1 Å². The minimum Gasteiger partial charge on any atom is -0.326 e. The van der Waals surface area contributed by atoms with Crippen molar-refractivity contribution in [3.05, 3.63) is 27.3 Å². The van der Waals surface area contributed by atoms with E-state index in [1.807, 2.05) is 6.92 Å². The van der Waals surface area contributed by atoms with Gasteiger partial charge in [-0.1, -0.05) is 6.92 Å². The van der Waals surface area contributed by atoms with Crippen LogP contribution in [0.4, 0.5) is 0 Å². The van der Waals surface area contributed by atoms with Crippen molar-refractivity contribution in [2.24, 2.45) is 5.73 Å². The molecule has 0 amide bonds. The summed E-state index contributed by atoms with van der Waals surface area (Å²) in [6.07, 6.45) is 2.65. The fraction of sp³-hybridized carbons (Fsp3) is 0.455. The van der Waals surface area contributed by atoms with E-state index in [1.165, 1.54) is 11.3 Å². The first-order valence-corrected chi connectivity index (χ1v) is 8.45. The highest BCUT2D eigenvalue weighted by molar-refractivity contribution is 7.89. The number of H-pyrrole nitrogens is 1. The van der Waals surface area contributed by atoms with Gasteiger partial charge in [-0.3, -0.25) is 5.10 Å². The molecule has 0 atom stereocenters. The minimum absolute atomic E-state index is 0.0372. The Morgan fingerprint density at radius 2 is 2.25 bits per heavy atom. The second-order valence-electron chi connectivity index (χ2n) is 4.23. The zero-order valence-corrected chi connectivity index (χ0v) is 12.9. The Labute approximate surface area is 121 Å². The number of aromatic amines is 1. The highest BCUT2D eigenvalue weighted by atomic mass is 32.2. The molecule has 110 valence electrons. The standard InChI is InChI=1S/C11H17N5O2S2/c1-3-8-5-13-10(19-8)6-14-20(17,18)11-9(4-12)7(2)15-16-11/h5,14H,3-4,6,12H2,1-2H3,(H,15,16). The van der Waals surface area contributed by atoms with E-state index < -0.39 is 10.0 Å². The van der Waals surface area contributed by atoms with Crippen LogP contribution in [0, 0.1) is 6.92 Å². The molecule has 0 unspecified atom stereocenters. The summed E-state index contributed by atoms with van der Waals surface area (Å²) < 4.78 is 26.9. The maximum absolute atomic E-state index is 12.2. The zero-order valence-electron chi connectivity index (χ0n) is 11.3. The number of hydrogen-bond acceptors (Lipinski definition) is 6. The lowest BCUT2D eigenvalue weighted by Gasteiger charge is -2.04. The largest absolute Gasteiger partial charge is 0.326 e. The Morgan fingerprint density at radius 1 is 1.50 bits per heavy atom. The van der Waals surface area contributed by atoms with Crippen LogP contribution >= 0.6 is 11.3 Å². The molecule has 0 aliphatic rings. The SMILES string of the molecule is CCc1cnc(CNS(=O)(=O)c2n[nH]c(C)c2CN)s1. The van der Waals surface area contributed by atoms with Gasteiger partial charge in [-0.2, -0.15) is 5.10 Å². The van der Waals surface area contributed by atoms with E-state index in [0.717, 1.165) is 16.3 Å². The van der Waals surface area contributed by atoms with E-state index >= 15 is 0 Å². The number of sulfonamides is 1. The van der Waals surface area contributed by atoms with Crippen molar-refractivity contribution < 1.29 is 8.42 Å². The zero-order chi connectivity index (χ0) is 14.8. The third kappa shape index (κ3) is 3.06. The first kappa shape index (κ1) is 15.1. The fourth-order valence-electron chi connectivity index (χ4n) is 1.71. The molecular formula is C11H17N5O2S2. The number of aryl methyl sites for hydroxylation is 2. The molecule has 2 rings (SSSR count). The molecule has 7 nitrogen and oxygen atoms in total. The molecule has 2 aromatic heterocycles. The topological polar surface area (TPSA) is 114 Å². The minimum atomic E-state index is -3.68. The Hall–Kier alpha value is -1.29. The maximum atomic E-state index is 12.2. The van der Waals surface area contributed by atoms with Crippen molar-refractivity contribution in [2.75, 3.05) is 0 Å². The highest BCUT2D eigenvalue weighted by Crippen LogP contribution is 2.17. The summed E-state index contributed by atoms with van der Waals surface area (Å²) in [5.41, 5.74) is 6.73. The van der Waals surface area contributed by atoms with Gasteiger partial charge < -0.3 is 5.73 Å². The van der Waals surface area contributed by atoms with Gasteiger partial charge in [0.05, 0.1) is 6.54 Å². The lowest BCUT2D eigenvalue weighted by molar-refractivity contribution is 0.575. The monoisotopic (exact) mass is 315 g/mol. The summed E-state index contributed by atoms with van der Waals surface area (Å²) in [4.78, 5) is 5.29. The molecular weight excluding hydrogens is 298 g/mol. The van der Waals surface area contributed by atoms with Crippen molar-refractivity contribution >= 4 is 21.4 Å². The smallest absolute Gasteiger partial charge is 0.260 e. The third-order valence-corrected chi connectivity index (χ3v) is 5.37. The molecule has 0 bridgehead atoms. The normalized spacial score (nSPS) is 11.9. The lowest BCUT2D eigenvalue weighted by atomic mass is 10.3. The molecule has 0 saturated carbocycles. The van der Waals surface area contributed by atoms with Gasteiger partial charge in [-0.05, 0) is 13.3 Å². The Bertz CT molecular complexity index is 689. The molecule has 20 heavy (non-hydrogen) atoms. The summed E-state index contributed by atoms with van der Waals surface area (Å²) in [5.74, 6) is 0. The lowest BCUT2D eigenvalue weighted by Crippen LogP contribution is -2.25. The van der Waals surface area contributed by atoms with Crippen molar-refractivity contribution in [3.63, 3.8) is 0 Å². The number of nitrogens with zero attached hydrogens (tertiary/aromatic N) is 2. The average Bonchev–Trinajstić information content (AvgIpc) is 3.02. The second-order valence-corrected chi connectivity index (χ2v) is 7.12. The van der Waals surface area contributed by atoms with Gasteiger partial charge in [0, 0.05) is 28.9 Å². The van der Waals surface area contributed by atoms with Crippen LogP contribution < -0.4 is 10.5 Å². The van der Waals surface area contributed by atoms with Crippen LogP contribution in [0.15, 0.2) is 11.2 Å². The molecule has 4 N–H and O–H groups in total. The summed E-state index contributed by atoms with van der Waals surface area (Å²) in [5, 5.41) is 7.15. The predicted octanol–water partition coefficient (Wildman–Crippen LogP) is 0.674. The molecule has 0 aromatic carbocycles. The van der Waals surface area contributed by atoms with Crippen molar-refractivity contribution in [3.8, 4) is 0 Å². The van der Waals surface area contributed by atoms with E-state index in [2.05, 4.69) is 19.9 Å². The van der Waals surface area contributed by atoms with Crippen LogP contribution in [0.2, 0.25) is 0 Å². The molecule has 0 saturated heterocycles. The third-order valence-electron chi connectivity index (χ3n) is 2.86. The van der Waals surface area contributed by atoms with E-state index in [4.69, 9.17) is 5.73 Å². The van der Waals surface area contributed by atoms with Crippen molar-refractivity contribution in [2.45, 2.75) is 38.4 Å². The van der Waals surface area contributed by atoms with Crippen LogP contribution in [0.5, 0.6) is 0 Å². The molecule has 0 radical (unpaired) electrons. The quantitative estimate of drug-likeness (QED) is 0.725. The van der Waals surface area contributed by atoms with Gasteiger partial charge in [-0.15, -0.1) is 11.3 Å². The predicted molar refractivity (Wildman–Crippen MR) is 76.7 cm³/mol. The van der Waals surface area contributed by atoms with Crippen LogP contribution in [0.25, 0.3) is 0 Å². The van der Waals surface area contributed by atoms with Crippen molar-refractivity contribution in [1.29, 1.82) is 0 Å². The van der Waals surface area contributed by atoms with Crippen LogP contribution in [-0.2, 0) is 29.5 Å². The van der Waals surface area contributed by atoms with Gasteiger partial charge >= 0.3 is 0 Å². The van der Waals surface area contributed by atoms with E-state index in [1.54, 1.807) is 13.1 Å². The van der Waals surface area contributed by atoms with Crippen LogP contribution in [-0.4, -0.2) is 23.6 Å². The Balaban J connectivity index is 2.14. The fourth-order valence-corrected chi connectivity index (χ4v) is 3.79. The summed E-state index contributed by atoms with van der Waals surface area (Å²) in [6, 6.07) is 0. The molecule has 0 aliphatic heterocycles. The van der Waals surface area contributed by atoms with E-state index in [9.17, 15) is 8.42 Å². The average molecular weight is 315 g/mol. The first-order valence-electron chi connectivity index (χ1n) is 6.15. The van der Waals surface area contributed by atoms with Gasteiger partial charge in [0.1, 0.15) is 5.01 Å². The highest BCUT2D eigenvalue weighted by Gasteiger charge is 2.23. The van der Waals surface area contributed by atoms with Gasteiger partial charge in [0.25, 0.3) is 10.0 Å². The van der Waals surface area contributed by atoms with Gasteiger partial charge in [0.15, 0.2) is 5.03 Å². The molecule has 9 heteroatoms. The molecule has 0 spiro atoms. The number of nitrogens with two attached hydrogens (primary N) is 1. The van der Waals surface area contributed by atoms with E-state index in [-0.39, 0.29) is 18.1 Å². The van der Waals surface area contributed by atoms with Crippen LogP contribution in [0.3, 0.4) is 0 Å². The second kappa shape index (κ2) is 6.00. The maximum Gasteiger partial charge on any atom is 0.260 e. The Kier molecular flexibility index (Phi) is 4.53. The first-order chi connectivity index (χ1) is 9.47. The number of thiazole rings is 1. The molecule has 0 fully saturated rings. The number of hydrogen-bond donors (Lipinski definition) is 3. The van der Waals surface area contributed by atoms with Gasteiger partial charge in [-0.25, -0.2) is 18.1 Å². The molecule has 2 heterocycles. The summed E-state index contributed by atoms with van der Waals surface area (Å²) in [6.45, 7) is 4.04. The molecule has 0 aliphatic carbocycles. The number of nitrogens with one attached hydrogen (secondary N) is 2. The molecule has 2 aromatic rings. The van der Waals surface area contributed by atoms with E-state index in [0.29, 0.717) is 11.3 Å². The van der Waals surface area contributed by atoms with Gasteiger partial charge in [0.2, 0.25) is 0 Å². The Morgan fingerprint density at radius 3 is 2.85 bits per heavy atom. The summed E-state index contributed by atoms with van der Waals surface area (Å²) in [7, 11) is -3.68. The summed E-state index contributed by atoms with van der Waals surface area (Å²) >= 11 is 1.49. The number of aromatic nitrogens is 3. The number of rotatable bonds is 6.